The van der Waals surface area contributed by atoms with Gasteiger partial charge in [-0.05, 0) is 97.4 Å². The molecule has 0 spiro atoms. The Bertz CT molecular complexity index is 1940. The first-order chi connectivity index (χ1) is 19.1. The van der Waals surface area contributed by atoms with Gasteiger partial charge in [-0.25, -0.2) is 4.98 Å². The first kappa shape index (κ1) is 23.5. The maximum Gasteiger partial charge on any atom is 0.140 e. The van der Waals surface area contributed by atoms with Crippen LogP contribution in [0.1, 0.15) is 22.3 Å². The molecule has 0 aliphatic rings. The Balaban J connectivity index is 1.60. The van der Waals surface area contributed by atoms with E-state index in [4.69, 9.17) is 4.98 Å². The fourth-order valence-electron chi connectivity index (χ4n) is 4.93. The van der Waals surface area contributed by atoms with Gasteiger partial charge in [0.15, 0.2) is 0 Å². The summed E-state index contributed by atoms with van der Waals surface area (Å²) >= 11 is 0. The zero-order valence-corrected chi connectivity index (χ0v) is 21.0. The molecule has 6 heteroatoms. The number of rotatable bonds is 4. The van der Waals surface area contributed by atoms with Crippen molar-refractivity contribution in [3.8, 4) is 24.0 Å². The molecule has 2 heterocycles. The summed E-state index contributed by atoms with van der Waals surface area (Å²) in [7, 11) is 0. The monoisotopic (exact) mass is 500 g/mol. The topological polar surface area (TPSA) is 92.4 Å². The van der Waals surface area contributed by atoms with E-state index in [2.05, 4.69) is 34.9 Å². The van der Waals surface area contributed by atoms with Crippen molar-refractivity contribution < 1.29 is 0 Å². The Hall–Kier alpha value is -5.90. The normalized spacial score (nSPS) is 10.6. The van der Waals surface area contributed by atoms with Gasteiger partial charge in [-0.15, -0.1) is 0 Å². The molecule has 0 amide bonds. The average Bonchev–Trinajstić information content (AvgIpc) is 3.31. The maximum absolute atomic E-state index is 9.50. The highest BCUT2D eigenvalue weighted by Crippen LogP contribution is 2.37. The van der Waals surface area contributed by atoms with Gasteiger partial charge in [0.25, 0.3) is 0 Å². The first-order valence-electron chi connectivity index (χ1n) is 12.3. The standard InChI is InChI=1S/C33H20N6/c1-22-16-32(38(26-11-6-23(19-34)7-12-26)27-13-8-24(20-35)9-14-27)37-33(17-22)39-30-5-3-2-4-28(30)29-18-25(21-36)10-15-31(29)39/h2-18H,1H3. The molecule has 0 saturated carbocycles. The number of aromatic nitrogens is 2. The van der Waals surface area contributed by atoms with E-state index in [0.29, 0.717) is 22.5 Å². The molecule has 0 N–H and O–H groups in total. The summed E-state index contributed by atoms with van der Waals surface area (Å²) in [6.07, 6.45) is 0. The Morgan fingerprint density at radius 1 is 0.615 bits per heavy atom. The van der Waals surface area contributed by atoms with Crippen LogP contribution in [0.2, 0.25) is 0 Å². The Morgan fingerprint density at radius 2 is 1.18 bits per heavy atom. The van der Waals surface area contributed by atoms with E-state index in [0.717, 1.165) is 44.6 Å². The highest BCUT2D eigenvalue weighted by atomic mass is 15.2. The second kappa shape index (κ2) is 9.52. The van der Waals surface area contributed by atoms with E-state index >= 15 is 0 Å². The number of para-hydroxylation sites is 1. The van der Waals surface area contributed by atoms with Crippen molar-refractivity contribution in [1.29, 1.82) is 15.8 Å². The minimum atomic E-state index is 0.568. The number of benzene rings is 4. The number of nitriles is 3. The lowest BCUT2D eigenvalue weighted by molar-refractivity contribution is 1.05. The highest BCUT2D eigenvalue weighted by molar-refractivity contribution is 6.09. The molecular formula is C33H20N6. The third-order valence-corrected chi connectivity index (χ3v) is 6.71. The van der Waals surface area contributed by atoms with Crippen LogP contribution in [0, 0.1) is 40.9 Å². The van der Waals surface area contributed by atoms with E-state index in [1.807, 2.05) is 78.6 Å². The molecule has 6 rings (SSSR count). The van der Waals surface area contributed by atoms with Crippen LogP contribution in [0.3, 0.4) is 0 Å². The number of fused-ring (bicyclic) bond motifs is 3. The van der Waals surface area contributed by atoms with Crippen molar-refractivity contribution >= 4 is 39.0 Å². The van der Waals surface area contributed by atoms with Gasteiger partial charge in [0.1, 0.15) is 11.6 Å². The fourth-order valence-corrected chi connectivity index (χ4v) is 4.93. The molecule has 4 aromatic carbocycles. The third-order valence-electron chi connectivity index (χ3n) is 6.71. The van der Waals surface area contributed by atoms with Crippen LogP contribution in [0.4, 0.5) is 17.2 Å². The average molecular weight is 501 g/mol. The van der Waals surface area contributed by atoms with Crippen LogP contribution in [-0.2, 0) is 0 Å². The smallest absolute Gasteiger partial charge is 0.140 e. The largest absolute Gasteiger partial charge is 0.295 e. The molecule has 0 bridgehead atoms. The fraction of sp³-hybridized carbons (Fsp3) is 0.0303. The molecule has 0 aliphatic carbocycles. The molecule has 0 atom stereocenters. The van der Waals surface area contributed by atoms with Crippen molar-refractivity contribution in [1.82, 2.24) is 9.55 Å². The molecule has 0 fully saturated rings. The van der Waals surface area contributed by atoms with E-state index < -0.39 is 0 Å². The number of hydrogen-bond acceptors (Lipinski definition) is 5. The van der Waals surface area contributed by atoms with Crippen molar-refractivity contribution in [2.24, 2.45) is 0 Å². The summed E-state index contributed by atoms with van der Waals surface area (Å²) < 4.78 is 2.12. The zero-order chi connectivity index (χ0) is 26.9. The molecule has 2 aromatic heterocycles. The van der Waals surface area contributed by atoms with Crippen molar-refractivity contribution in [2.75, 3.05) is 4.90 Å². The van der Waals surface area contributed by atoms with Crippen molar-refractivity contribution in [2.45, 2.75) is 6.92 Å². The molecule has 0 radical (unpaired) electrons. The quantitative estimate of drug-likeness (QED) is 0.249. The molecule has 0 unspecified atom stereocenters. The second-order valence-corrected chi connectivity index (χ2v) is 9.21. The van der Waals surface area contributed by atoms with Crippen LogP contribution in [0.5, 0.6) is 0 Å². The summed E-state index contributed by atoms with van der Waals surface area (Å²) in [5, 5.41) is 30.2. The van der Waals surface area contributed by atoms with Gasteiger partial charge in [-0.1, -0.05) is 18.2 Å². The Labute approximate surface area is 225 Å². The lowest BCUT2D eigenvalue weighted by atomic mass is 10.1. The molecule has 6 nitrogen and oxygen atoms in total. The lowest BCUT2D eigenvalue weighted by Crippen LogP contribution is -2.13. The van der Waals surface area contributed by atoms with E-state index in [1.54, 1.807) is 24.3 Å². The summed E-state index contributed by atoms with van der Waals surface area (Å²) in [6, 6.07) is 39.2. The van der Waals surface area contributed by atoms with Crippen LogP contribution in [-0.4, -0.2) is 9.55 Å². The lowest BCUT2D eigenvalue weighted by Gasteiger charge is -2.25. The van der Waals surface area contributed by atoms with Gasteiger partial charge < -0.3 is 0 Å². The van der Waals surface area contributed by atoms with Gasteiger partial charge in [-0.2, -0.15) is 15.8 Å². The van der Waals surface area contributed by atoms with E-state index in [-0.39, 0.29) is 0 Å². The van der Waals surface area contributed by atoms with Gasteiger partial charge in [0.2, 0.25) is 0 Å². The zero-order valence-electron chi connectivity index (χ0n) is 21.0. The Morgan fingerprint density at radius 3 is 1.79 bits per heavy atom. The summed E-state index contributed by atoms with van der Waals surface area (Å²) in [4.78, 5) is 7.17. The van der Waals surface area contributed by atoms with Crippen LogP contribution in [0.15, 0.2) is 103 Å². The van der Waals surface area contributed by atoms with Gasteiger partial charge in [0, 0.05) is 22.1 Å². The number of anilines is 3. The molecule has 182 valence electrons. The highest BCUT2D eigenvalue weighted by Gasteiger charge is 2.18. The van der Waals surface area contributed by atoms with Crippen molar-refractivity contribution in [3.63, 3.8) is 0 Å². The summed E-state index contributed by atoms with van der Waals surface area (Å²) in [5.41, 5.74) is 6.39. The van der Waals surface area contributed by atoms with Gasteiger partial charge in [-0.3, -0.25) is 9.47 Å². The summed E-state index contributed by atoms with van der Waals surface area (Å²) in [6.45, 7) is 2.03. The molecule has 6 aromatic rings. The second-order valence-electron chi connectivity index (χ2n) is 9.21. The van der Waals surface area contributed by atoms with Crippen molar-refractivity contribution in [3.05, 3.63) is 125 Å². The number of nitrogens with zero attached hydrogens (tertiary/aromatic N) is 6. The van der Waals surface area contributed by atoms with E-state index in [1.165, 1.54) is 0 Å². The Kier molecular flexibility index (Phi) is 5.74. The summed E-state index contributed by atoms with van der Waals surface area (Å²) in [5.74, 6) is 1.44. The minimum Gasteiger partial charge on any atom is -0.295 e. The van der Waals surface area contributed by atoms with Crippen LogP contribution < -0.4 is 4.90 Å². The predicted octanol–water partition coefficient (Wildman–Crippen LogP) is 7.57. The third kappa shape index (κ3) is 4.11. The molecular weight excluding hydrogens is 480 g/mol. The minimum absolute atomic E-state index is 0.568. The molecule has 39 heavy (non-hydrogen) atoms. The predicted molar refractivity (Wildman–Crippen MR) is 152 cm³/mol. The molecule has 0 saturated heterocycles. The van der Waals surface area contributed by atoms with Gasteiger partial charge >= 0.3 is 0 Å². The molecule has 0 aliphatic heterocycles. The number of pyridine rings is 1. The maximum atomic E-state index is 9.50. The van der Waals surface area contributed by atoms with Crippen LogP contribution in [0.25, 0.3) is 27.6 Å². The van der Waals surface area contributed by atoms with Crippen LogP contribution >= 0.6 is 0 Å². The first-order valence-corrected chi connectivity index (χ1v) is 12.3. The van der Waals surface area contributed by atoms with Gasteiger partial charge in [0.05, 0.1) is 45.9 Å². The number of hydrogen-bond donors (Lipinski definition) is 0. The number of aryl methyl sites for hydroxylation is 1. The SMILES string of the molecule is Cc1cc(N(c2ccc(C#N)cc2)c2ccc(C#N)cc2)nc(-n2c3ccccc3c3cc(C#N)ccc32)c1. The van der Waals surface area contributed by atoms with E-state index in [9.17, 15) is 15.8 Å².